The van der Waals surface area contributed by atoms with Crippen LogP contribution in [0.1, 0.15) is 45.6 Å². The van der Waals surface area contributed by atoms with E-state index in [-0.39, 0.29) is 6.29 Å². The zero-order chi connectivity index (χ0) is 16.2. The average Bonchev–Trinajstić information content (AvgIpc) is 2.53. The van der Waals surface area contributed by atoms with Crippen LogP contribution in [0.4, 0.5) is 0 Å². The van der Waals surface area contributed by atoms with E-state index in [4.69, 9.17) is 17.3 Å². The molecule has 22 heavy (non-hydrogen) atoms. The lowest BCUT2D eigenvalue weighted by Crippen LogP contribution is -2.28. The van der Waals surface area contributed by atoms with E-state index in [0.717, 1.165) is 30.7 Å². The maximum absolute atomic E-state index is 6.33. The summed E-state index contributed by atoms with van der Waals surface area (Å²) in [6.07, 6.45) is 3.11. The third kappa shape index (κ3) is 3.65. The minimum Gasteiger partial charge on any atom is -0.464 e. The van der Waals surface area contributed by atoms with Crippen molar-refractivity contribution in [3.8, 4) is 5.75 Å². The molecule has 1 saturated heterocycles. The van der Waals surface area contributed by atoms with Crippen LogP contribution in [0.5, 0.6) is 5.75 Å². The molecular weight excluding hydrogens is 291 g/mol. The van der Waals surface area contributed by atoms with E-state index >= 15 is 0 Å². The first-order valence-electron chi connectivity index (χ1n) is 8.51. The fraction of sp³-hybridized carbons (Fsp3) is 0.667. The highest BCUT2D eigenvalue weighted by molar-refractivity contribution is 8.33. The molecule has 2 radical (unpaired) electrons. The van der Waals surface area contributed by atoms with Gasteiger partial charge in [0.15, 0.2) is 6.29 Å². The standard InChI is InChI=1S/C18H29BO2S/c1-5-22(6-2,7-3)16-13-14(4)12-15(19)18(16)21-17-10-8-9-11-20-17/h12-13,17H,5-11H2,1-4H3. The van der Waals surface area contributed by atoms with Gasteiger partial charge < -0.3 is 9.47 Å². The highest BCUT2D eigenvalue weighted by Gasteiger charge is 2.27. The molecule has 1 aliphatic rings. The fourth-order valence-corrected chi connectivity index (χ4v) is 6.38. The van der Waals surface area contributed by atoms with Gasteiger partial charge in [-0.2, -0.15) is 0 Å². The molecule has 0 N–H and O–H groups in total. The van der Waals surface area contributed by atoms with Gasteiger partial charge in [0.05, 0.1) is 6.61 Å². The van der Waals surface area contributed by atoms with Crippen molar-refractivity contribution in [1.82, 2.24) is 0 Å². The van der Waals surface area contributed by atoms with Crippen LogP contribution in [-0.4, -0.2) is 38.0 Å². The summed E-state index contributed by atoms with van der Waals surface area (Å²) in [5.74, 6) is 4.40. The summed E-state index contributed by atoms with van der Waals surface area (Å²) in [4.78, 5) is 1.34. The van der Waals surface area contributed by atoms with E-state index in [1.165, 1.54) is 34.1 Å². The maximum atomic E-state index is 6.33. The van der Waals surface area contributed by atoms with Crippen LogP contribution in [0.15, 0.2) is 17.0 Å². The first-order valence-corrected chi connectivity index (χ1v) is 10.6. The highest BCUT2D eigenvalue weighted by Crippen LogP contribution is 2.58. The van der Waals surface area contributed by atoms with Gasteiger partial charge in [-0.3, -0.25) is 0 Å². The summed E-state index contributed by atoms with van der Waals surface area (Å²) >= 11 is 0. The predicted octanol–water partition coefficient (Wildman–Crippen LogP) is 3.92. The number of aryl methyl sites for hydroxylation is 1. The van der Waals surface area contributed by atoms with E-state index in [0.29, 0.717) is 0 Å². The third-order valence-corrected chi connectivity index (χ3v) is 9.29. The molecule has 0 bridgehead atoms. The molecule has 1 fully saturated rings. The Morgan fingerprint density at radius 1 is 1.18 bits per heavy atom. The van der Waals surface area contributed by atoms with Gasteiger partial charge in [0.2, 0.25) is 0 Å². The molecule has 1 atom stereocenters. The molecule has 1 heterocycles. The van der Waals surface area contributed by atoms with Crippen LogP contribution >= 0.6 is 10.0 Å². The minimum absolute atomic E-state index is 0.139. The summed E-state index contributed by atoms with van der Waals surface area (Å²) in [5.41, 5.74) is 1.98. The zero-order valence-electron chi connectivity index (χ0n) is 14.5. The summed E-state index contributed by atoms with van der Waals surface area (Å²) in [6.45, 7) is 9.79. The normalized spacial score (nSPS) is 19.9. The number of rotatable bonds is 6. The zero-order valence-corrected chi connectivity index (χ0v) is 15.3. The lowest BCUT2D eigenvalue weighted by molar-refractivity contribution is -0.106. The van der Waals surface area contributed by atoms with Crippen molar-refractivity contribution in [2.75, 3.05) is 23.9 Å². The summed E-state index contributed by atoms with van der Waals surface area (Å²) in [5, 5.41) is 0. The smallest absolute Gasteiger partial charge is 0.199 e. The molecular formula is C18H29BO2S. The lowest BCUT2D eigenvalue weighted by Gasteiger charge is -2.40. The fourth-order valence-electron chi connectivity index (χ4n) is 3.23. The highest BCUT2D eigenvalue weighted by atomic mass is 32.3. The second kappa shape index (κ2) is 7.78. The molecule has 1 aromatic rings. The van der Waals surface area contributed by atoms with Gasteiger partial charge in [-0.15, -0.1) is 0 Å². The molecule has 122 valence electrons. The van der Waals surface area contributed by atoms with Crippen LogP contribution in [0.3, 0.4) is 0 Å². The second-order valence-corrected chi connectivity index (χ2v) is 10.3. The van der Waals surface area contributed by atoms with Crippen LogP contribution in [0.25, 0.3) is 0 Å². The van der Waals surface area contributed by atoms with E-state index in [9.17, 15) is 0 Å². The average molecular weight is 320 g/mol. The predicted molar refractivity (Wildman–Crippen MR) is 98.3 cm³/mol. The largest absolute Gasteiger partial charge is 0.464 e. The lowest BCUT2D eigenvalue weighted by atomic mass is 9.93. The molecule has 1 aliphatic heterocycles. The number of benzene rings is 1. The molecule has 1 unspecified atom stereocenters. The Kier molecular flexibility index (Phi) is 6.28. The van der Waals surface area contributed by atoms with Crippen molar-refractivity contribution in [1.29, 1.82) is 0 Å². The molecule has 0 saturated carbocycles. The quantitative estimate of drug-likeness (QED) is 0.740. The van der Waals surface area contributed by atoms with Crippen molar-refractivity contribution in [2.24, 2.45) is 0 Å². The Morgan fingerprint density at radius 3 is 2.41 bits per heavy atom. The van der Waals surface area contributed by atoms with E-state index < -0.39 is 10.0 Å². The second-order valence-electron chi connectivity index (χ2n) is 6.01. The third-order valence-electron chi connectivity index (χ3n) is 4.74. The van der Waals surface area contributed by atoms with E-state index in [1.54, 1.807) is 0 Å². The topological polar surface area (TPSA) is 18.5 Å². The van der Waals surface area contributed by atoms with Crippen LogP contribution < -0.4 is 10.2 Å². The molecule has 0 aromatic heterocycles. The molecule has 0 amide bonds. The van der Waals surface area contributed by atoms with E-state index in [1.807, 2.05) is 6.07 Å². The van der Waals surface area contributed by atoms with Gasteiger partial charge in [-0.1, -0.05) is 37.9 Å². The minimum atomic E-state index is -0.876. The van der Waals surface area contributed by atoms with Gasteiger partial charge in [0.1, 0.15) is 13.6 Å². The first-order chi connectivity index (χ1) is 10.6. The van der Waals surface area contributed by atoms with Crippen molar-refractivity contribution >= 4 is 23.3 Å². The van der Waals surface area contributed by atoms with Crippen LogP contribution in [-0.2, 0) is 4.74 Å². The van der Waals surface area contributed by atoms with E-state index in [2.05, 4.69) is 33.8 Å². The molecule has 0 spiro atoms. The monoisotopic (exact) mass is 320 g/mol. The van der Waals surface area contributed by atoms with Crippen molar-refractivity contribution in [2.45, 2.75) is 58.1 Å². The Hall–Kier alpha value is -0.605. The Balaban J connectivity index is 2.42. The molecule has 2 nitrogen and oxygen atoms in total. The van der Waals surface area contributed by atoms with Gasteiger partial charge >= 0.3 is 0 Å². The van der Waals surface area contributed by atoms with Crippen LogP contribution in [0, 0.1) is 6.92 Å². The van der Waals surface area contributed by atoms with Gasteiger partial charge in [0, 0.05) is 11.3 Å². The molecule has 1 aromatic carbocycles. The summed E-state index contributed by atoms with van der Waals surface area (Å²) < 4.78 is 12.0. The maximum Gasteiger partial charge on any atom is 0.199 e. The summed E-state index contributed by atoms with van der Waals surface area (Å²) in [7, 11) is 5.46. The number of ether oxygens (including phenoxy) is 2. The summed E-state index contributed by atoms with van der Waals surface area (Å²) in [6, 6.07) is 4.31. The van der Waals surface area contributed by atoms with Gasteiger partial charge in [-0.25, -0.2) is 10.0 Å². The Morgan fingerprint density at radius 2 is 1.86 bits per heavy atom. The van der Waals surface area contributed by atoms with Crippen molar-refractivity contribution < 1.29 is 9.47 Å². The van der Waals surface area contributed by atoms with Gasteiger partial charge in [0.25, 0.3) is 0 Å². The number of hydrogen-bond donors (Lipinski definition) is 0. The SMILES string of the molecule is [B]c1cc(C)cc(S(CC)(CC)CC)c1OC1CCCCO1. The molecule has 0 aliphatic carbocycles. The number of hydrogen-bond acceptors (Lipinski definition) is 2. The molecule has 4 heteroatoms. The Labute approximate surface area is 138 Å². The van der Waals surface area contributed by atoms with Crippen molar-refractivity contribution in [3.63, 3.8) is 0 Å². The van der Waals surface area contributed by atoms with Crippen molar-refractivity contribution in [3.05, 3.63) is 17.7 Å². The van der Waals surface area contributed by atoms with Gasteiger partial charge in [-0.05, 0) is 43.1 Å². The Bertz CT molecular complexity index is 486. The first kappa shape index (κ1) is 17.7. The van der Waals surface area contributed by atoms with Crippen LogP contribution in [0.2, 0.25) is 0 Å². The molecule has 2 rings (SSSR count).